The zero-order valence-electron chi connectivity index (χ0n) is 21.4. The highest BCUT2D eigenvalue weighted by Gasteiger charge is 2.34. The number of amides is 2. The van der Waals surface area contributed by atoms with Crippen molar-refractivity contribution in [2.24, 2.45) is 0 Å². The monoisotopic (exact) mass is 529 g/mol. The lowest BCUT2D eigenvalue weighted by atomic mass is 10.1. The number of ether oxygens (including phenoxy) is 3. The first-order valence-electron chi connectivity index (χ1n) is 12.5. The van der Waals surface area contributed by atoms with Gasteiger partial charge in [0.1, 0.15) is 11.5 Å². The fourth-order valence-electron chi connectivity index (χ4n) is 4.08. The van der Waals surface area contributed by atoms with Crippen LogP contribution >= 0.6 is 0 Å². The molecule has 1 aliphatic heterocycles. The van der Waals surface area contributed by atoms with Gasteiger partial charge in [-0.3, -0.25) is 24.1 Å². The Hall–Kier alpha value is -4.79. The number of nitrogens with zero attached hydrogens (tertiary/aromatic N) is 1. The average Bonchev–Trinajstić information content (AvgIpc) is 3.21. The predicted molar refractivity (Wildman–Crippen MR) is 140 cm³/mol. The number of methoxy groups -OCH3 is 1. The summed E-state index contributed by atoms with van der Waals surface area (Å²) in [5.41, 5.74) is 1.47. The number of imide groups is 1. The van der Waals surface area contributed by atoms with Crippen LogP contribution in [0.4, 0.5) is 0 Å². The van der Waals surface area contributed by atoms with E-state index in [9.17, 15) is 24.0 Å². The van der Waals surface area contributed by atoms with Gasteiger partial charge in [0, 0.05) is 18.5 Å². The predicted octanol–water partition coefficient (Wildman–Crippen LogP) is 4.50. The number of Topliss-reactive ketones (excluding diaryl/α,β-unsaturated/α-hetero) is 1. The van der Waals surface area contributed by atoms with Gasteiger partial charge in [0.2, 0.25) is 0 Å². The zero-order chi connectivity index (χ0) is 27.8. The van der Waals surface area contributed by atoms with Crippen LogP contribution in [0.5, 0.6) is 11.5 Å². The smallest absolute Gasteiger partial charge is 0.343 e. The van der Waals surface area contributed by atoms with Crippen LogP contribution in [-0.4, -0.2) is 54.7 Å². The number of fused-ring (bicyclic) bond motifs is 1. The van der Waals surface area contributed by atoms with Crippen molar-refractivity contribution in [3.05, 3.63) is 95.1 Å². The number of carbonyl (C=O) groups excluding carboxylic acids is 5. The van der Waals surface area contributed by atoms with E-state index in [1.807, 2.05) is 0 Å². The van der Waals surface area contributed by atoms with Crippen molar-refractivity contribution < 1.29 is 38.2 Å². The SMILES string of the molecule is COc1cccc(C(=O)Oc2ccc(C(=O)COC(=O)CCCCCN3C(=O)c4ccccc4C3=O)cc2)c1. The summed E-state index contributed by atoms with van der Waals surface area (Å²) < 4.78 is 15.5. The van der Waals surface area contributed by atoms with Gasteiger partial charge in [0.25, 0.3) is 11.8 Å². The molecule has 0 atom stereocenters. The van der Waals surface area contributed by atoms with Crippen LogP contribution in [0, 0.1) is 0 Å². The summed E-state index contributed by atoms with van der Waals surface area (Å²) in [6.45, 7) is -0.123. The molecule has 0 saturated carbocycles. The molecular weight excluding hydrogens is 502 g/mol. The normalized spacial score (nSPS) is 12.2. The first kappa shape index (κ1) is 27.3. The molecule has 0 bridgehead atoms. The summed E-state index contributed by atoms with van der Waals surface area (Å²) in [4.78, 5) is 62.7. The summed E-state index contributed by atoms with van der Waals surface area (Å²) in [5, 5.41) is 0. The lowest BCUT2D eigenvalue weighted by Crippen LogP contribution is -2.30. The van der Waals surface area contributed by atoms with E-state index in [1.165, 1.54) is 36.3 Å². The molecule has 2 amide bonds. The molecular formula is C30H27NO8. The van der Waals surface area contributed by atoms with Crippen molar-refractivity contribution >= 4 is 29.5 Å². The largest absolute Gasteiger partial charge is 0.497 e. The highest BCUT2D eigenvalue weighted by atomic mass is 16.5. The lowest BCUT2D eigenvalue weighted by molar-refractivity contribution is -0.142. The Labute approximate surface area is 225 Å². The zero-order valence-corrected chi connectivity index (χ0v) is 21.4. The standard InChI is InChI=1S/C30H27NO8/c1-37-23-9-7-8-21(18-23)30(36)39-22-15-13-20(14-16-22)26(32)19-38-27(33)12-3-2-6-17-31-28(34)24-10-4-5-11-25(24)29(31)35/h4-5,7-11,13-16,18H,2-3,6,12,17,19H2,1H3. The van der Waals surface area contributed by atoms with E-state index >= 15 is 0 Å². The second-order valence-electron chi connectivity index (χ2n) is 8.85. The molecule has 1 heterocycles. The first-order chi connectivity index (χ1) is 18.9. The molecule has 9 nitrogen and oxygen atoms in total. The molecule has 0 N–H and O–H groups in total. The van der Waals surface area contributed by atoms with Crippen LogP contribution in [-0.2, 0) is 9.53 Å². The number of hydrogen-bond acceptors (Lipinski definition) is 8. The molecule has 0 spiro atoms. The van der Waals surface area contributed by atoms with E-state index in [-0.39, 0.29) is 36.3 Å². The van der Waals surface area contributed by atoms with Gasteiger partial charge < -0.3 is 14.2 Å². The number of benzene rings is 3. The van der Waals surface area contributed by atoms with Crippen molar-refractivity contribution in [2.45, 2.75) is 25.7 Å². The average molecular weight is 530 g/mol. The molecule has 0 unspecified atom stereocenters. The van der Waals surface area contributed by atoms with Crippen LogP contribution in [0.3, 0.4) is 0 Å². The van der Waals surface area contributed by atoms with E-state index in [0.717, 1.165) is 0 Å². The molecule has 3 aromatic carbocycles. The maximum Gasteiger partial charge on any atom is 0.343 e. The van der Waals surface area contributed by atoms with Gasteiger partial charge in [0.15, 0.2) is 12.4 Å². The number of ketones is 1. The molecule has 39 heavy (non-hydrogen) atoms. The summed E-state index contributed by atoms with van der Waals surface area (Å²) in [6, 6.07) is 19.2. The van der Waals surface area contributed by atoms with Crippen LogP contribution in [0.2, 0.25) is 0 Å². The molecule has 0 fully saturated rings. The minimum atomic E-state index is -0.564. The molecule has 9 heteroatoms. The van der Waals surface area contributed by atoms with Gasteiger partial charge >= 0.3 is 11.9 Å². The van der Waals surface area contributed by atoms with Crippen molar-refractivity contribution in [1.29, 1.82) is 0 Å². The van der Waals surface area contributed by atoms with Crippen LogP contribution < -0.4 is 9.47 Å². The fourth-order valence-corrected chi connectivity index (χ4v) is 4.08. The Morgan fingerprint density at radius 3 is 2.10 bits per heavy atom. The molecule has 0 aromatic heterocycles. The summed E-state index contributed by atoms with van der Waals surface area (Å²) in [5.74, 6) is -1.26. The third-order valence-corrected chi connectivity index (χ3v) is 6.20. The quantitative estimate of drug-likeness (QED) is 0.111. The van der Waals surface area contributed by atoms with E-state index < -0.39 is 18.5 Å². The summed E-state index contributed by atoms with van der Waals surface area (Å²) >= 11 is 0. The van der Waals surface area contributed by atoms with E-state index in [0.29, 0.717) is 47.3 Å². The Balaban J connectivity index is 1.14. The fraction of sp³-hybridized carbons (Fsp3) is 0.233. The third-order valence-electron chi connectivity index (χ3n) is 6.20. The van der Waals surface area contributed by atoms with Gasteiger partial charge in [-0.15, -0.1) is 0 Å². The Bertz CT molecular complexity index is 1360. The highest BCUT2D eigenvalue weighted by Crippen LogP contribution is 2.23. The number of unbranched alkanes of at least 4 members (excludes halogenated alkanes) is 2. The number of rotatable bonds is 12. The van der Waals surface area contributed by atoms with Gasteiger partial charge in [-0.2, -0.15) is 0 Å². The molecule has 1 aliphatic rings. The second-order valence-corrected chi connectivity index (χ2v) is 8.85. The molecule has 0 radical (unpaired) electrons. The number of esters is 2. The van der Waals surface area contributed by atoms with Crippen molar-refractivity contribution in [2.75, 3.05) is 20.3 Å². The first-order valence-corrected chi connectivity index (χ1v) is 12.5. The van der Waals surface area contributed by atoms with Crippen LogP contribution in [0.1, 0.15) is 67.1 Å². The van der Waals surface area contributed by atoms with E-state index in [1.54, 1.807) is 48.5 Å². The number of hydrogen-bond donors (Lipinski definition) is 0. The molecule has 0 aliphatic carbocycles. The molecule has 3 aromatic rings. The van der Waals surface area contributed by atoms with E-state index in [2.05, 4.69) is 0 Å². The number of carbonyl (C=O) groups is 5. The van der Waals surface area contributed by atoms with Crippen LogP contribution in [0.15, 0.2) is 72.8 Å². The maximum absolute atomic E-state index is 12.4. The van der Waals surface area contributed by atoms with Gasteiger partial charge in [0.05, 0.1) is 23.8 Å². The van der Waals surface area contributed by atoms with Crippen molar-refractivity contribution in [1.82, 2.24) is 4.90 Å². The minimum absolute atomic E-state index is 0.120. The Morgan fingerprint density at radius 2 is 1.44 bits per heavy atom. The second kappa shape index (κ2) is 12.6. The van der Waals surface area contributed by atoms with Gasteiger partial charge in [-0.25, -0.2) is 4.79 Å². The Morgan fingerprint density at radius 1 is 0.744 bits per heavy atom. The lowest BCUT2D eigenvalue weighted by Gasteiger charge is -2.13. The molecule has 0 saturated heterocycles. The van der Waals surface area contributed by atoms with Gasteiger partial charge in [-0.1, -0.05) is 24.6 Å². The summed E-state index contributed by atoms with van der Waals surface area (Å²) in [6.07, 6.45) is 1.80. The third kappa shape index (κ3) is 6.75. The topological polar surface area (TPSA) is 116 Å². The summed E-state index contributed by atoms with van der Waals surface area (Å²) in [7, 11) is 1.50. The van der Waals surface area contributed by atoms with Crippen molar-refractivity contribution in [3.8, 4) is 11.5 Å². The highest BCUT2D eigenvalue weighted by molar-refractivity contribution is 6.21. The van der Waals surface area contributed by atoms with Gasteiger partial charge in [-0.05, 0) is 67.4 Å². The maximum atomic E-state index is 12.4. The van der Waals surface area contributed by atoms with Crippen molar-refractivity contribution in [3.63, 3.8) is 0 Å². The molecule has 4 rings (SSSR count). The minimum Gasteiger partial charge on any atom is -0.497 e. The Kier molecular flexibility index (Phi) is 8.83. The van der Waals surface area contributed by atoms with Crippen LogP contribution in [0.25, 0.3) is 0 Å². The van der Waals surface area contributed by atoms with E-state index in [4.69, 9.17) is 14.2 Å². The molecule has 200 valence electrons.